The molecule has 156 valence electrons. The molecule has 0 spiro atoms. The summed E-state index contributed by atoms with van der Waals surface area (Å²) in [7, 11) is 1.46. The molecule has 4 rings (SSSR count). The third-order valence-corrected chi connectivity index (χ3v) is 4.83. The van der Waals surface area contributed by atoms with Crippen LogP contribution in [0.3, 0.4) is 0 Å². The van der Waals surface area contributed by atoms with Gasteiger partial charge in [0.2, 0.25) is 0 Å². The number of aromatic nitrogens is 1. The topological polar surface area (TPSA) is 63.6 Å². The molecule has 2 N–H and O–H groups in total. The average Bonchev–Trinajstić information content (AvgIpc) is 2.75. The first-order chi connectivity index (χ1) is 14.9. The molecule has 1 heterocycles. The summed E-state index contributed by atoms with van der Waals surface area (Å²) < 4.78 is 25.8. The van der Waals surface area contributed by atoms with Crippen molar-refractivity contribution in [1.29, 1.82) is 0 Å². The largest absolute Gasteiger partial charge is 0.504 e. The third-order valence-electron chi connectivity index (χ3n) is 4.83. The Hall–Kier alpha value is -4.06. The standard InChI is InChI=1S/C25H21FN2O3/c1-15(2)16-4-6-17(7-5-16)28-21-9-8-18(12-20(21)26)31-24-10-11-27-22-14-23(29)25(30-3)13-19(22)24/h4-14,28-29H,1H2,2-3H3. The van der Waals surface area contributed by atoms with Gasteiger partial charge in [0.05, 0.1) is 18.3 Å². The van der Waals surface area contributed by atoms with Crippen LogP contribution in [0.25, 0.3) is 16.5 Å². The second-order valence-electron chi connectivity index (χ2n) is 7.08. The van der Waals surface area contributed by atoms with Crippen LogP contribution in [-0.2, 0) is 0 Å². The highest BCUT2D eigenvalue weighted by Crippen LogP contribution is 2.37. The number of hydrogen-bond acceptors (Lipinski definition) is 5. The zero-order chi connectivity index (χ0) is 22.0. The summed E-state index contributed by atoms with van der Waals surface area (Å²) >= 11 is 0. The van der Waals surface area contributed by atoms with Crippen LogP contribution in [-0.4, -0.2) is 17.2 Å². The molecule has 0 saturated carbocycles. The molecule has 31 heavy (non-hydrogen) atoms. The average molecular weight is 416 g/mol. The molecule has 0 radical (unpaired) electrons. The van der Waals surface area contributed by atoms with Crippen molar-refractivity contribution in [3.8, 4) is 23.0 Å². The highest BCUT2D eigenvalue weighted by molar-refractivity contribution is 5.88. The number of phenolic OH excluding ortho intramolecular Hbond substituents is 1. The number of nitrogens with zero attached hydrogens (tertiary/aromatic N) is 1. The quantitative estimate of drug-likeness (QED) is 0.368. The van der Waals surface area contributed by atoms with Crippen LogP contribution in [0.1, 0.15) is 12.5 Å². The minimum atomic E-state index is -0.449. The predicted octanol–water partition coefficient (Wildman–Crippen LogP) is 6.66. The fourth-order valence-corrected chi connectivity index (χ4v) is 3.17. The SMILES string of the molecule is C=C(C)c1ccc(Nc2ccc(Oc3ccnc4cc(O)c(OC)cc34)cc2F)cc1. The van der Waals surface area contributed by atoms with Gasteiger partial charge < -0.3 is 19.9 Å². The van der Waals surface area contributed by atoms with Gasteiger partial charge in [-0.2, -0.15) is 0 Å². The van der Waals surface area contributed by atoms with Crippen molar-refractivity contribution >= 4 is 27.9 Å². The van der Waals surface area contributed by atoms with Gasteiger partial charge in [-0.05, 0) is 48.9 Å². The number of ether oxygens (including phenoxy) is 2. The van der Waals surface area contributed by atoms with Gasteiger partial charge >= 0.3 is 0 Å². The van der Waals surface area contributed by atoms with Crippen LogP contribution in [0, 0.1) is 5.82 Å². The van der Waals surface area contributed by atoms with Crippen LogP contribution in [0.4, 0.5) is 15.8 Å². The summed E-state index contributed by atoms with van der Waals surface area (Å²) in [6, 6.07) is 17.0. The molecule has 6 heteroatoms. The second-order valence-corrected chi connectivity index (χ2v) is 7.08. The molecule has 0 atom stereocenters. The van der Waals surface area contributed by atoms with Crippen molar-refractivity contribution in [2.45, 2.75) is 6.92 Å². The van der Waals surface area contributed by atoms with Gasteiger partial charge in [-0.25, -0.2) is 4.39 Å². The minimum absolute atomic E-state index is 0.0163. The number of methoxy groups -OCH3 is 1. The fraction of sp³-hybridized carbons (Fsp3) is 0.0800. The van der Waals surface area contributed by atoms with E-state index in [1.165, 1.54) is 19.2 Å². The predicted molar refractivity (Wildman–Crippen MR) is 121 cm³/mol. The van der Waals surface area contributed by atoms with Crippen molar-refractivity contribution < 1.29 is 19.0 Å². The van der Waals surface area contributed by atoms with Gasteiger partial charge in [0, 0.05) is 29.4 Å². The van der Waals surface area contributed by atoms with E-state index in [4.69, 9.17) is 9.47 Å². The van der Waals surface area contributed by atoms with Crippen LogP contribution in [0.2, 0.25) is 0 Å². The van der Waals surface area contributed by atoms with E-state index in [2.05, 4.69) is 16.9 Å². The van der Waals surface area contributed by atoms with E-state index in [-0.39, 0.29) is 5.75 Å². The van der Waals surface area contributed by atoms with E-state index in [0.29, 0.717) is 33.8 Å². The molecule has 5 nitrogen and oxygen atoms in total. The van der Waals surface area contributed by atoms with E-state index in [1.54, 1.807) is 30.5 Å². The van der Waals surface area contributed by atoms with Gasteiger partial charge in [0.15, 0.2) is 11.5 Å². The molecule has 4 aromatic rings. The van der Waals surface area contributed by atoms with Gasteiger partial charge in [0.1, 0.15) is 17.3 Å². The van der Waals surface area contributed by atoms with Crippen LogP contribution < -0.4 is 14.8 Å². The number of benzene rings is 3. The molecule has 0 aliphatic rings. The van der Waals surface area contributed by atoms with Crippen molar-refractivity contribution in [3.63, 3.8) is 0 Å². The van der Waals surface area contributed by atoms with Crippen molar-refractivity contribution in [1.82, 2.24) is 4.98 Å². The number of rotatable bonds is 6. The van der Waals surface area contributed by atoms with Gasteiger partial charge in [-0.1, -0.05) is 24.3 Å². The van der Waals surface area contributed by atoms with E-state index >= 15 is 0 Å². The summed E-state index contributed by atoms with van der Waals surface area (Å²) in [5.74, 6) is 0.639. The molecule has 0 fully saturated rings. The summed E-state index contributed by atoms with van der Waals surface area (Å²) in [5.41, 5.74) is 3.64. The number of pyridine rings is 1. The molecule has 0 aliphatic carbocycles. The Bertz CT molecular complexity index is 1270. The van der Waals surface area contributed by atoms with Crippen molar-refractivity contribution in [3.05, 3.63) is 84.8 Å². The number of halogens is 1. The van der Waals surface area contributed by atoms with Crippen molar-refractivity contribution in [2.75, 3.05) is 12.4 Å². The molecule has 1 aromatic heterocycles. The van der Waals surface area contributed by atoms with E-state index < -0.39 is 5.82 Å². The van der Waals surface area contributed by atoms with E-state index in [1.807, 2.05) is 31.2 Å². The maximum Gasteiger partial charge on any atom is 0.161 e. The van der Waals surface area contributed by atoms with E-state index in [9.17, 15) is 9.50 Å². The molecule has 0 aliphatic heterocycles. The Morgan fingerprint density at radius 1 is 1.03 bits per heavy atom. The summed E-state index contributed by atoms with van der Waals surface area (Å²) in [4.78, 5) is 4.23. The molecule has 3 aromatic carbocycles. The highest BCUT2D eigenvalue weighted by Gasteiger charge is 2.12. The Morgan fingerprint density at radius 2 is 1.81 bits per heavy atom. The smallest absolute Gasteiger partial charge is 0.161 e. The normalized spacial score (nSPS) is 10.7. The zero-order valence-electron chi connectivity index (χ0n) is 17.1. The lowest BCUT2D eigenvalue weighted by Crippen LogP contribution is -1.95. The summed E-state index contributed by atoms with van der Waals surface area (Å²) in [6.45, 7) is 5.85. The first-order valence-electron chi connectivity index (χ1n) is 9.60. The Balaban J connectivity index is 1.58. The molecule has 0 amide bonds. The Morgan fingerprint density at radius 3 is 2.48 bits per heavy atom. The number of aromatic hydroxyl groups is 1. The van der Waals surface area contributed by atoms with E-state index in [0.717, 1.165) is 16.8 Å². The first-order valence-corrected chi connectivity index (χ1v) is 9.60. The molecular formula is C25H21FN2O3. The zero-order valence-corrected chi connectivity index (χ0v) is 17.1. The number of hydrogen-bond donors (Lipinski definition) is 2. The second kappa shape index (κ2) is 8.36. The van der Waals surface area contributed by atoms with Gasteiger partial charge in [0.25, 0.3) is 0 Å². The Kier molecular flexibility index (Phi) is 5.45. The monoisotopic (exact) mass is 416 g/mol. The third kappa shape index (κ3) is 4.28. The first kappa shape index (κ1) is 20.2. The number of allylic oxidation sites excluding steroid dienone is 1. The highest BCUT2D eigenvalue weighted by atomic mass is 19.1. The van der Waals surface area contributed by atoms with Crippen LogP contribution >= 0.6 is 0 Å². The fourth-order valence-electron chi connectivity index (χ4n) is 3.17. The summed E-state index contributed by atoms with van der Waals surface area (Å²) in [5, 5.41) is 13.7. The summed E-state index contributed by atoms with van der Waals surface area (Å²) in [6.07, 6.45) is 1.56. The maximum absolute atomic E-state index is 14.7. The lowest BCUT2D eigenvalue weighted by atomic mass is 10.1. The number of fused-ring (bicyclic) bond motifs is 1. The van der Waals surface area contributed by atoms with Crippen LogP contribution in [0.15, 0.2) is 73.4 Å². The lowest BCUT2D eigenvalue weighted by molar-refractivity contribution is 0.374. The molecule has 0 unspecified atom stereocenters. The number of phenols is 1. The molecular weight excluding hydrogens is 395 g/mol. The number of nitrogens with one attached hydrogen (secondary N) is 1. The van der Waals surface area contributed by atoms with Gasteiger partial charge in [-0.15, -0.1) is 0 Å². The maximum atomic E-state index is 14.7. The van der Waals surface area contributed by atoms with Crippen molar-refractivity contribution in [2.24, 2.45) is 0 Å². The molecule has 0 saturated heterocycles. The van der Waals surface area contributed by atoms with Gasteiger partial charge in [-0.3, -0.25) is 4.98 Å². The lowest BCUT2D eigenvalue weighted by Gasteiger charge is -2.13. The number of anilines is 2. The minimum Gasteiger partial charge on any atom is -0.504 e. The Labute approximate surface area is 179 Å². The molecule has 0 bridgehead atoms. The van der Waals surface area contributed by atoms with Crippen LogP contribution in [0.5, 0.6) is 23.0 Å².